The Morgan fingerprint density at radius 1 is 1.67 bits per heavy atom. The van der Waals surface area contributed by atoms with Crippen LogP contribution < -0.4 is 5.73 Å². The molecule has 0 saturated carbocycles. The Bertz CT molecular complexity index is 257. The lowest BCUT2D eigenvalue weighted by Crippen LogP contribution is -2.41. The van der Waals surface area contributed by atoms with E-state index in [-0.39, 0.29) is 6.23 Å². The first-order valence-electron chi connectivity index (χ1n) is 4.76. The van der Waals surface area contributed by atoms with Gasteiger partial charge in [-0.15, -0.1) is 0 Å². The van der Waals surface area contributed by atoms with Gasteiger partial charge in [-0.25, -0.2) is 0 Å². The second-order valence-electron chi connectivity index (χ2n) is 3.54. The summed E-state index contributed by atoms with van der Waals surface area (Å²) in [6, 6.07) is -0.961. The number of aliphatic hydroxyl groups is 1. The topological polar surface area (TPSA) is 79.0 Å². The minimum Gasteiger partial charge on any atom is -0.441 e. The van der Waals surface area contributed by atoms with Crippen molar-refractivity contribution < 1.29 is 14.6 Å². The van der Waals surface area contributed by atoms with Crippen molar-refractivity contribution in [2.45, 2.75) is 19.2 Å². The van der Waals surface area contributed by atoms with Gasteiger partial charge in [0.15, 0.2) is 6.23 Å². The number of carbonyl (C=O) groups is 1. The van der Waals surface area contributed by atoms with Crippen LogP contribution >= 0.6 is 0 Å². The van der Waals surface area contributed by atoms with Gasteiger partial charge in [-0.2, -0.15) is 0 Å². The number of esters is 1. The third-order valence-electron chi connectivity index (χ3n) is 2.15. The molecule has 0 saturated heterocycles. The van der Waals surface area contributed by atoms with E-state index in [4.69, 9.17) is 15.6 Å². The Hall–Kier alpha value is -1.27. The highest BCUT2D eigenvalue weighted by Crippen LogP contribution is 2.10. The molecule has 0 amide bonds. The van der Waals surface area contributed by atoms with Gasteiger partial charge in [0.2, 0.25) is 0 Å². The number of hydrogen-bond donors (Lipinski definition) is 2. The molecule has 0 spiro atoms. The molecule has 6 heteroatoms. The van der Waals surface area contributed by atoms with Gasteiger partial charge in [-0.05, 0) is 6.92 Å². The van der Waals surface area contributed by atoms with E-state index in [0.717, 1.165) is 0 Å². The van der Waals surface area contributed by atoms with E-state index in [9.17, 15) is 4.79 Å². The number of rotatable bonds is 4. The number of nitrogens with zero attached hydrogens (tertiary/aromatic N) is 2. The van der Waals surface area contributed by atoms with E-state index in [1.807, 2.05) is 29.2 Å². The van der Waals surface area contributed by atoms with Crippen molar-refractivity contribution in [2.75, 3.05) is 20.3 Å². The number of carbonyl (C=O) groups excluding carboxylic acids is 1. The molecule has 0 aromatic carbocycles. The molecule has 86 valence electrons. The Morgan fingerprint density at radius 2 is 2.33 bits per heavy atom. The molecule has 0 fully saturated rings. The summed E-state index contributed by atoms with van der Waals surface area (Å²) < 4.78 is 5.06. The lowest BCUT2D eigenvalue weighted by molar-refractivity contribution is -0.158. The van der Waals surface area contributed by atoms with Crippen LogP contribution in [0.4, 0.5) is 0 Å². The monoisotopic (exact) mass is 215 g/mol. The van der Waals surface area contributed by atoms with Gasteiger partial charge in [0.1, 0.15) is 6.04 Å². The fraction of sp³-hybridized carbons (Fsp3) is 0.667. The summed E-state index contributed by atoms with van der Waals surface area (Å²) in [6.07, 6.45) is 3.34. The van der Waals surface area contributed by atoms with Crippen LogP contribution in [-0.2, 0) is 9.53 Å². The van der Waals surface area contributed by atoms with Crippen LogP contribution in [0.3, 0.4) is 0 Å². The molecule has 1 aliphatic heterocycles. The average Bonchev–Trinajstić information content (AvgIpc) is 2.63. The maximum atomic E-state index is 11.3. The molecule has 1 heterocycles. The quantitative estimate of drug-likeness (QED) is 0.578. The van der Waals surface area contributed by atoms with Crippen molar-refractivity contribution in [3.05, 3.63) is 12.4 Å². The lowest BCUT2D eigenvalue weighted by Gasteiger charge is -2.25. The van der Waals surface area contributed by atoms with Gasteiger partial charge in [0, 0.05) is 19.4 Å². The zero-order valence-electron chi connectivity index (χ0n) is 8.96. The second kappa shape index (κ2) is 4.99. The number of hydrogen-bond acceptors (Lipinski definition) is 6. The van der Waals surface area contributed by atoms with Crippen LogP contribution in [0.25, 0.3) is 0 Å². The van der Waals surface area contributed by atoms with Gasteiger partial charge in [0.05, 0.1) is 13.3 Å². The van der Waals surface area contributed by atoms with Gasteiger partial charge in [-0.3, -0.25) is 4.79 Å². The molecule has 0 aliphatic carbocycles. The summed E-state index contributed by atoms with van der Waals surface area (Å²) in [6.45, 7) is 2.02. The second-order valence-corrected chi connectivity index (χ2v) is 3.54. The summed E-state index contributed by atoms with van der Waals surface area (Å²) in [7, 11) is 1.92. The molecular weight excluding hydrogens is 198 g/mol. The standard InChI is InChI=1S/C9H17N3O3/c1-7(12-4-3-11(2)6-12)15-9(14)8(10)5-13/h3-4,7-8,13H,5-6,10H2,1-2H3/t7?,8-/m0/s1. The van der Waals surface area contributed by atoms with Crippen molar-refractivity contribution in [1.82, 2.24) is 9.80 Å². The summed E-state index contributed by atoms with van der Waals surface area (Å²) in [5, 5.41) is 8.66. The minimum absolute atomic E-state index is 0.378. The average molecular weight is 215 g/mol. The molecule has 2 atom stereocenters. The van der Waals surface area contributed by atoms with Crippen molar-refractivity contribution in [3.63, 3.8) is 0 Å². The molecule has 0 bridgehead atoms. The zero-order chi connectivity index (χ0) is 11.4. The highest BCUT2D eigenvalue weighted by atomic mass is 16.6. The van der Waals surface area contributed by atoms with E-state index in [0.29, 0.717) is 6.67 Å². The Labute approximate surface area is 88.9 Å². The summed E-state index contributed by atoms with van der Waals surface area (Å²) in [5.74, 6) is -0.590. The smallest absolute Gasteiger partial charge is 0.327 e. The Morgan fingerprint density at radius 3 is 2.80 bits per heavy atom. The maximum Gasteiger partial charge on any atom is 0.327 e. The van der Waals surface area contributed by atoms with Crippen LogP contribution in [0.15, 0.2) is 12.4 Å². The molecule has 6 nitrogen and oxygen atoms in total. The zero-order valence-corrected chi connectivity index (χ0v) is 8.96. The van der Waals surface area contributed by atoms with Gasteiger partial charge < -0.3 is 25.4 Å². The molecule has 0 aromatic rings. The highest BCUT2D eigenvalue weighted by Gasteiger charge is 2.21. The van der Waals surface area contributed by atoms with Crippen molar-refractivity contribution in [2.24, 2.45) is 5.73 Å². The molecule has 0 radical (unpaired) electrons. The lowest BCUT2D eigenvalue weighted by atomic mass is 10.3. The fourth-order valence-corrected chi connectivity index (χ4v) is 1.19. The predicted molar refractivity (Wildman–Crippen MR) is 54.2 cm³/mol. The van der Waals surface area contributed by atoms with Crippen LogP contribution in [-0.4, -0.2) is 53.5 Å². The SMILES string of the molecule is CC(OC(=O)[C@@H](N)CO)N1C=CN(C)C1. The molecule has 1 aliphatic rings. The van der Waals surface area contributed by atoms with E-state index in [1.54, 1.807) is 6.92 Å². The first-order valence-corrected chi connectivity index (χ1v) is 4.76. The molecule has 1 rings (SSSR count). The van der Waals surface area contributed by atoms with Crippen molar-refractivity contribution >= 4 is 5.97 Å². The van der Waals surface area contributed by atoms with Gasteiger partial charge in [-0.1, -0.05) is 0 Å². The van der Waals surface area contributed by atoms with Gasteiger partial charge in [0.25, 0.3) is 0 Å². The van der Waals surface area contributed by atoms with E-state index < -0.39 is 18.6 Å². The third kappa shape index (κ3) is 3.10. The summed E-state index contributed by atoms with van der Waals surface area (Å²) in [5.41, 5.74) is 5.32. The Kier molecular flexibility index (Phi) is 3.93. The first kappa shape index (κ1) is 11.8. The predicted octanol–water partition coefficient (Wildman–Crippen LogP) is -1.13. The van der Waals surface area contributed by atoms with Crippen LogP contribution in [0.2, 0.25) is 0 Å². The van der Waals surface area contributed by atoms with Crippen LogP contribution in [0.5, 0.6) is 0 Å². The number of ether oxygens (including phenoxy) is 1. The normalized spacial score (nSPS) is 19.2. The minimum atomic E-state index is -0.961. The molecular formula is C9H17N3O3. The highest BCUT2D eigenvalue weighted by molar-refractivity contribution is 5.75. The first-order chi connectivity index (χ1) is 7.04. The van der Waals surface area contributed by atoms with E-state index >= 15 is 0 Å². The molecule has 1 unspecified atom stereocenters. The van der Waals surface area contributed by atoms with Crippen LogP contribution in [0, 0.1) is 0 Å². The fourth-order valence-electron chi connectivity index (χ4n) is 1.19. The number of nitrogens with two attached hydrogens (primary N) is 1. The summed E-state index contributed by atoms with van der Waals surface area (Å²) >= 11 is 0. The number of aliphatic hydroxyl groups excluding tert-OH is 1. The largest absolute Gasteiger partial charge is 0.441 e. The van der Waals surface area contributed by atoms with E-state index in [1.165, 1.54) is 0 Å². The third-order valence-corrected chi connectivity index (χ3v) is 2.15. The van der Waals surface area contributed by atoms with E-state index in [2.05, 4.69) is 0 Å². The summed E-state index contributed by atoms with van der Waals surface area (Å²) in [4.78, 5) is 15.1. The molecule has 3 N–H and O–H groups in total. The van der Waals surface area contributed by atoms with Crippen LogP contribution in [0.1, 0.15) is 6.92 Å². The van der Waals surface area contributed by atoms with Gasteiger partial charge >= 0.3 is 5.97 Å². The maximum absolute atomic E-state index is 11.3. The molecule has 0 aromatic heterocycles. The van der Waals surface area contributed by atoms with Crippen molar-refractivity contribution in [3.8, 4) is 0 Å². The Balaban J connectivity index is 2.39. The molecule has 15 heavy (non-hydrogen) atoms. The van der Waals surface area contributed by atoms with Crippen molar-refractivity contribution in [1.29, 1.82) is 0 Å².